The Morgan fingerprint density at radius 2 is 1.96 bits per heavy atom. The van der Waals surface area contributed by atoms with E-state index in [1.54, 1.807) is 6.07 Å². The Morgan fingerprint density at radius 3 is 2.69 bits per heavy atom. The van der Waals surface area contributed by atoms with E-state index < -0.39 is 11.8 Å². The van der Waals surface area contributed by atoms with Gasteiger partial charge in [-0.2, -0.15) is 0 Å². The summed E-state index contributed by atoms with van der Waals surface area (Å²) in [5.41, 5.74) is 4.32. The first-order chi connectivity index (χ1) is 12.6. The molecule has 1 heterocycles. The second-order valence-corrected chi connectivity index (χ2v) is 7.64. The fraction of sp³-hybridized carbons (Fsp3) is 0.318. The minimum atomic E-state index is -1.11. The molecule has 1 saturated carbocycles. The van der Waals surface area contributed by atoms with Gasteiger partial charge in [0, 0.05) is 17.2 Å². The predicted molar refractivity (Wildman–Crippen MR) is 98.1 cm³/mol. The van der Waals surface area contributed by atoms with Crippen LogP contribution in [0.5, 0.6) is 0 Å². The maximum absolute atomic E-state index is 14.7. The van der Waals surface area contributed by atoms with Crippen molar-refractivity contribution >= 4 is 11.7 Å². The van der Waals surface area contributed by atoms with Crippen molar-refractivity contribution in [1.29, 1.82) is 0 Å². The molecule has 5 rings (SSSR count). The average Bonchev–Trinajstić information content (AvgIpc) is 3.37. The van der Waals surface area contributed by atoms with E-state index in [9.17, 15) is 9.18 Å². The maximum atomic E-state index is 14.7. The summed E-state index contributed by atoms with van der Waals surface area (Å²) in [4.78, 5) is 11.1. The Labute approximate surface area is 151 Å². The molecule has 0 radical (unpaired) electrons. The molecule has 0 saturated heterocycles. The van der Waals surface area contributed by atoms with Crippen molar-refractivity contribution in [3.8, 4) is 0 Å². The number of benzene rings is 2. The number of halogens is 1. The fourth-order valence-corrected chi connectivity index (χ4v) is 4.50. The number of rotatable bonds is 3. The number of anilines is 1. The van der Waals surface area contributed by atoms with Crippen LogP contribution < -0.4 is 5.32 Å². The van der Waals surface area contributed by atoms with Gasteiger partial charge in [0.1, 0.15) is 5.82 Å². The van der Waals surface area contributed by atoms with Crippen molar-refractivity contribution in [2.24, 2.45) is 5.92 Å². The van der Waals surface area contributed by atoms with E-state index in [0.717, 1.165) is 18.2 Å². The quantitative estimate of drug-likeness (QED) is 0.746. The van der Waals surface area contributed by atoms with E-state index in [0.29, 0.717) is 11.5 Å². The summed E-state index contributed by atoms with van der Waals surface area (Å²) in [6.07, 6.45) is 7.89. The minimum Gasteiger partial charge on any atom is -0.478 e. The third-order valence-electron chi connectivity index (χ3n) is 6.02. The summed E-state index contributed by atoms with van der Waals surface area (Å²) >= 11 is 0. The smallest absolute Gasteiger partial charge is 0.335 e. The van der Waals surface area contributed by atoms with Gasteiger partial charge in [-0.05, 0) is 60.4 Å². The Morgan fingerprint density at radius 1 is 1.12 bits per heavy atom. The molecule has 2 N–H and O–H groups in total. The van der Waals surface area contributed by atoms with Crippen LogP contribution in [-0.2, 0) is 0 Å². The number of fused-ring (bicyclic) bond motifs is 3. The van der Waals surface area contributed by atoms with E-state index in [1.807, 2.05) is 0 Å². The molecule has 1 aliphatic heterocycles. The lowest BCUT2D eigenvalue weighted by atomic mass is 9.76. The molecule has 0 spiro atoms. The molecular weight excluding hydrogens is 329 g/mol. The summed E-state index contributed by atoms with van der Waals surface area (Å²) in [7, 11) is 0. The van der Waals surface area contributed by atoms with Gasteiger partial charge in [-0.1, -0.05) is 30.4 Å². The maximum Gasteiger partial charge on any atom is 0.335 e. The normalized spacial score (nSPS) is 26.1. The highest BCUT2D eigenvalue weighted by Crippen LogP contribution is 2.51. The van der Waals surface area contributed by atoms with Crippen LogP contribution in [0, 0.1) is 11.7 Å². The first-order valence-corrected chi connectivity index (χ1v) is 9.21. The second-order valence-electron chi connectivity index (χ2n) is 7.64. The van der Waals surface area contributed by atoms with Gasteiger partial charge in [-0.15, -0.1) is 0 Å². The van der Waals surface area contributed by atoms with Crippen LogP contribution in [0.1, 0.15) is 64.2 Å². The van der Waals surface area contributed by atoms with Crippen molar-refractivity contribution < 1.29 is 14.3 Å². The third-order valence-corrected chi connectivity index (χ3v) is 6.02. The zero-order chi connectivity index (χ0) is 17.8. The van der Waals surface area contributed by atoms with Crippen LogP contribution in [0.3, 0.4) is 0 Å². The lowest BCUT2D eigenvalue weighted by Crippen LogP contribution is -2.30. The van der Waals surface area contributed by atoms with E-state index in [4.69, 9.17) is 5.11 Å². The molecule has 1 fully saturated rings. The number of carbonyl (C=O) groups is 1. The highest BCUT2D eigenvalue weighted by Gasteiger charge is 2.39. The van der Waals surface area contributed by atoms with Gasteiger partial charge in [-0.3, -0.25) is 0 Å². The van der Waals surface area contributed by atoms with Crippen LogP contribution in [-0.4, -0.2) is 11.1 Å². The summed E-state index contributed by atoms with van der Waals surface area (Å²) in [6, 6.07) is 10.7. The number of allylic oxidation sites excluding steroid dienone is 2. The van der Waals surface area contributed by atoms with Crippen molar-refractivity contribution in [2.75, 3.05) is 5.32 Å². The van der Waals surface area contributed by atoms with E-state index in [1.165, 1.54) is 30.0 Å². The molecular formula is C22H20FNO2. The van der Waals surface area contributed by atoms with Crippen molar-refractivity contribution in [1.82, 2.24) is 0 Å². The molecule has 3 atom stereocenters. The predicted octanol–water partition coefficient (Wildman–Crippen LogP) is 5.23. The molecule has 3 unspecified atom stereocenters. The number of nitrogens with one attached hydrogen (secondary N) is 1. The van der Waals surface area contributed by atoms with Crippen LogP contribution in [0.25, 0.3) is 0 Å². The molecule has 0 bridgehead atoms. The second kappa shape index (κ2) is 5.70. The molecule has 3 aliphatic rings. The van der Waals surface area contributed by atoms with Crippen LogP contribution in [0.4, 0.5) is 10.1 Å². The lowest BCUT2D eigenvalue weighted by Gasteiger charge is -2.38. The zero-order valence-electron chi connectivity index (χ0n) is 14.3. The molecule has 26 heavy (non-hydrogen) atoms. The van der Waals surface area contributed by atoms with Crippen molar-refractivity contribution in [3.63, 3.8) is 0 Å². The molecule has 0 amide bonds. The molecule has 4 heteroatoms. The Kier molecular flexibility index (Phi) is 3.42. The summed E-state index contributed by atoms with van der Waals surface area (Å²) < 4.78 is 14.7. The van der Waals surface area contributed by atoms with Gasteiger partial charge in [0.25, 0.3) is 0 Å². The number of carboxylic acids is 1. The molecule has 2 aromatic rings. The number of hydrogen-bond donors (Lipinski definition) is 2. The highest BCUT2D eigenvalue weighted by atomic mass is 19.1. The average molecular weight is 349 g/mol. The topological polar surface area (TPSA) is 49.3 Å². The van der Waals surface area contributed by atoms with Crippen molar-refractivity contribution in [3.05, 3.63) is 76.6 Å². The van der Waals surface area contributed by atoms with Gasteiger partial charge in [0.15, 0.2) is 0 Å². The standard InChI is InChI=1S/C22H20FNO2/c23-19-11-14(22(25)26)6-8-17(19)21-16-3-1-2-15(16)18-10-13(12-4-5-12)7-9-20(18)24-21/h1-2,6-12,15-16,21,24H,3-5H2,(H,25,26). The van der Waals surface area contributed by atoms with Gasteiger partial charge in [0.05, 0.1) is 11.6 Å². The van der Waals surface area contributed by atoms with Gasteiger partial charge < -0.3 is 10.4 Å². The summed E-state index contributed by atoms with van der Waals surface area (Å²) in [5, 5.41) is 12.6. The third kappa shape index (κ3) is 2.44. The first-order valence-electron chi connectivity index (χ1n) is 9.21. The van der Waals surface area contributed by atoms with E-state index >= 15 is 0 Å². The minimum absolute atomic E-state index is 0.0161. The molecule has 132 valence electrons. The monoisotopic (exact) mass is 349 g/mol. The van der Waals surface area contributed by atoms with Crippen LogP contribution >= 0.6 is 0 Å². The lowest BCUT2D eigenvalue weighted by molar-refractivity contribution is 0.0696. The number of aromatic carboxylic acids is 1. The van der Waals surface area contributed by atoms with Gasteiger partial charge >= 0.3 is 5.97 Å². The largest absolute Gasteiger partial charge is 0.478 e. The van der Waals surface area contributed by atoms with Gasteiger partial charge in [-0.25, -0.2) is 9.18 Å². The summed E-state index contributed by atoms with van der Waals surface area (Å²) in [5.74, 6) is -0.310. The SMILES string of the molecule is O=C(O)c1ccc(C2Nc3ccc(C4CC4)cc3C3C=CCC32)c(F)c1. The van der Waals surface area contributed by atoms with E-state index in [2.05, 4.69) is 35.7 Å². The Balaban J connectivity index is 1.55. The van der Waals surface area contributed by atoms with E-state index in [-0.39, 0.29) is 23.4 Å². The molecule has 2 aromatic carbocycles. The molecule has 0 aromatic heterocycles. The van der Waals surface area contributed by atoms with Gasteiger partial charge in [0.2, 0.25) is 0 Å². The molecule has 2 aliphatic carbocycles. The Bertz CT molecular complexity index is 932. The van der Waals surface area contributed by atoms with Crippen LogP contribution in [0.15, 0.2) is 48.6 Å². The highest BCUT2D eigenvalue weighted by molar-refractivity contribution is 5.87. The number of hydrogen-bond acceptors (Lipinski definition) is 2. The first kappa shape index (κ1) is 15.6. The van der Waals surface area contributed by atoms with Crippen LogP contribution in [0.2, 0.25) is 0 Å². The zero-order valence-corrected chi connectivity index (χ0v) is 14.3. The fourth-order valence-electron chi connectivity index (χ4n) is 4.50. The summed E-state index contributed by atoms with van der Waals surface area (Å²) in [6.45, 7) is 0. The van der Waals surface area contributed by atoms with Crippen molar-refractivity contribution in [2.45, 2.75) is 37.1 Å². The number of carboxylic acid groups (broad SMARTS) is 1. The molecule has 3 nitrogen and oxygen atoms in total. The Hall–Kier alpha value is -2.62.